The third-order valence-electron chi connectivity index (χ3n) is 3.58. The van der Waals surface area contributed by atoms with Gasteiger partial charge in [-0.05, 0) is 36.4 Å². The number of benzene rings is 2. The van der Waals surface area contributed by atoms with Crippen molar-refractivity contribution in [2.75, 3.05) is 12.4 Å². The number of alkyl halides is 3. The smallest absolute Gasteiger partial charge is 0.322 e. The highest BCUT2D eigenvalue weighted by Gasteiger charge is 2.35. The molecule has 0 atom stereocenters. The zero-order valence-corrected chi connectivity index (χ0v) is 14.0. The Bertz CT molecular complexity index is 906. The van der Waals surface area contributed by atoms with E-state index in [0.29, 0.717) is 0 Å². The van der Waals surface area contributed by atoms with Crippen molar-refractivity contribution in [3.8, 4) is 0 Å². The first kappa shape index (κ1) is 20.2. The number of hydrogen-bond donors (Lipinski definition) is 2. The fourth-order valence-corrected chi connectivity index (χ4v) is 2.22. The molecule has 0 heterocycles. The maximum atomic E-state index is 14.3. The van der Waals surface area contributed by atoms with E-state index in [1.165, 1.54) is 31.3 Å². The first-order chi connectivity index (χ1) is 12.6. The predicted molar refractivity (Wildman–Crippen MR) is 91.6 cm³/mol. The molecule has 2 N–H and O–H groups in total. The molecule has 4 nitrogen and oxygen atoms in total. The van der Waals surface area contributed by atoms with E-state index in [4.69, 9.17) is 5.41 Å². The summed E-state index contributed by atoms with van der Waals surface area (Å²) in [5, 5.41) is 9.41. The molecule has 1 amide bonds. The monoisotopic (exact) mass is 383 g/mol. The molecular weight excluding hydrogens is 369 g/mol. The molecule has 2 rings (SSSR count). The van der Waals surface area contributed by atoms with Gasteiger partial charge in [0.1, 0.15) is 17.3 Å². The second-order valence-corrected chi connectivity index (χ2v) is 5.48. The van der Waals surface area contributed by atoms with Gasteiger partial charge in [-0.1, -0.05) is 6.07 Å². The van der Waals surface area contributed by atoms with Crippen LogP contribution >= 0.6 is 0 Å². The van der Waals surface area contributed by atoms with E-state index in [2.05, 4.69) is 10.3 Å². The molecular formula is C18H14F5N3O. The molecule has 0 saturated heterocycles. The van der Waals surface area contributed by atoms with Crippen molar-refractivity contribution < 1.29 is 26.7 Å². The highest BCUT2D eigenvalue weighted by atomic mass is 19.4. The molecule has 0 aliphatic carbocycles. The minimum Gasteiger partial charge on any atom is -0.322 e. The first-order valence-corrected chi connectivity index (χ1v) is 7.59. The molecule has 142 valence electrons. The zero-order chi connectivity index (χ0) is 20.2. The molecule has 9 heteroatoms. The highest BCUT2D eigenvalue weighted by molar-refractivity contribution is 6.13. The van der Waals surface area contributed by atoms with E-state index in [0.717, 1.165) is 18.2 Å². The van der Waals surface area contributed by atoms with Crippen LogP contribution in [0.3, 0.4) is 0 Å². The standard InChI is InChI=1S/C18H14F5N3O/c1-25-15(9-16(24)18(21,22)23)13-6-5-10(7-14(13)20)17(27)26-12-4-2-3-11(19)8-12/h2-8,24H,9H2,1H3,(H,26,27). The van der Waals surface area contributed by atoms with Gasteiger partial charge in [-0.3, -0.25) is 9.79 Å². The van der Waals surface area contributed by atoms with E-state index >= 15 is 0 Å². The SMILES string of the molecule is CN=C(CC(=N)C(F)(F)F)c1ccc(C(=O)Nc2cccc(F)c2)cc1F. The quantitative estimate of drug-likeness (QED) is 0.575. The van der Waals surface area contributed by atoms with E-state index in [-0.39, 0.29) is 22.5 Å². The number of carbonyl (C=O) groups is 1. The van der Waals surface area contributed by atoms with Gasteiger partial charge >= 0.3 is 6.18 Å². The van der Waals surface area contributed by atoms with Crippen molar-refractivity contribution in [3.05, 3.63) is 65.2 Å². The third-order valence-corrected chi connectivity index (χ3v) is 3.58. The Morgan fingerprint density at radius 3 is 2.41 bits per heavy atom. The van der Waals surface area contributed by atoms with Gasteiger partial charge in [0.15, 0.2) is 0 Å². The molecule has 0 bridgehead atoms. The summed E-state index contributed by atoms with van der Waals surface area (Å²) in [7, 11) is 1.18. The lowest BCUT2D eigenvalue weighted by atomic mass is 10.0. The summed E-state index contributed by atoms with van der Waals surface area (Å²) in [5.41, 5.74) is -2.02. The molecule has 27 heavy (non-hydrogen) atoms. The van der Waals surface area contributed by atoms with Gasteiger partial charge in [-0.2, -0.15) is 13.2 Å². The maximum absolute atomic E-state index is 14.3. The topological polar surface area (TPSA) is 65.3 Å². The third kappa shape index (κ3) is 5.19. The van der Waals surface area contributed by atoms with Gasteiger partial charge < -0.3 is 10.7 Å². The van der Waals surface area contributed by atoms with Gasteiger partial charge in [-0.15, -0.1) is 0 Å². The van der Waals surface area contributed by atoms with Crippen molar-refractivity contribution in [2.24, 2.45) is 4.99 Å². The van der Waals surface area contributed by atoms with Crippen LogP contribution in [0, 0.1) is 17.0 Å². The zero-order valence-electron chi connectivity index (χ0n) is 14.0. The van der Waals surface area contributed by atoms with E-state index in [1.54, 1.807) is 0 Å². The second kappa shape index (κ2) is 8.07. The Kier molecular flexibility index (Phi) is 6.04. The number of halogens is 5. The van der Waals surface area contributed by atoms with Crippen molar-refractivity contribution in [1.29, 1.82) is 5.41 Å². The van der Waals surface area contributed by atoms with Crippen LogP contribution in [-0.2, 0) is 0 Å². The maximum Gasteiger partial charge on any atom is 0.429 e. The lowest BCUT2D eigenvalue weighted by Crippen LogP contribution is -2.25. The fourth-order valence-electron chi connectivity index (χ4n) is 2.22. The lowest BCUT2D eigenvalue weighted by Gasteiger charge is -2.12. The normalized spacial score (nSPS) is 12.0. The number of amides is 1. The number of nitrogens with one attached hydrogen (secondary N) is 2. The van der Waals surface area contributed by atoms with Crippen LogP contribution in [0.25, 0.3) is 0 Å². The molecule has 0 aliphatic heterocycles. The van der Waals surface area contributed by atoms with Gasteiger partial charge in [0.2, 0.25) is 0 Å². The molecule has 0 fully saturated rings. The van der Waals surface area contributed by atoms with Crippen molar-refractivity contribution in [1.82, 2.24) is 0 Å². The minimum absolute atomic E-state index is 0.109. The van der Waals surface area contributed by atoms with E-state index < -0.39 is 35.9 Å². The summed E-state index contributed by atoms with van der Waals surface area (Å²) >= 11 is 0. The van der Waals surface area contributed by atoms with Gasteiger partial charge in [-0.25, -0.2) is 8.78 Å². The van der Waals surface area contributed by atoms with Crippen molar-refractivity contribution in [2.45, 2.75) is 12.6 Å². The Morgan fingerprint density at radius 2 is 1.85 bits per heavy atom. The Balaban J connectivity index is 2.21. The largest absolute Gasteiger partial charge is 0.429 e. The van der Waals surface area contributed by atoms with E-state index in [1.807, 2.05) is 0 Å². The van der Waals surface area contributed by atoms with Crippen LogP contribution in [0.5, 0.6) is 0 Å². The van der Waals surface area contributed by atoms with Crippen LogP contribution in [0.2, 0.25) is 0 Å². The van der Waals surface area contributed by atoms with Crippen LogP contribution in [0.15, 0.2) is 47.5 Å². The van der Waals surface area contributed by atoms with Crippen LogP contribution in [0.1, 0.15) is 22.3 Å². The number of rotatable bonds is 5. The van der Waals surface area contributed by atoms with Crippen molar-refractivity contribution >= 4 is 23.0 Å². The minimum atomic E-state index is -4.84. The molecule has 0 aliphatic rings. The number of carbonyl (C=O) groups excluding carboxylic acids is 1. The Hall–Kier alpha value is -3.10. The van der Waals surface area contributed by atoms with Crippen molar-refractivity contribution in [3.63, 3.8) is 0 Å². The van der Waals surface area contributed by atoms with Gasteiger partial charge in [0.25, 0.3) is 5.91 Å². The number of anilines is 1. The molecule has 0 radical (unpaired) electrons. The predicted octanol–water partition coefficient (Wildman–Crippen LogP) is 4.61. The summed E-state index contributed by atoms with van der Waals surface area (Å²) in [6.45, 7) is 0. The summed E-state index contributed by atoms with van der Waals surface area (Å²) in [5.74, 6) is -2.24. The van der Waals surface area contributed by atoms with Crippen LogP contribution in [-0.4, -0.2) is 30.6 Å². The average molecular weight is 383 g/mol. The number of aliphatic imine (C=N–C) groups is 1. The average Bonchev–Trinajstić information content (AvgIpc) is 2.58. The fraction of sp³-hybridized carbons (Fsp3) is 0.167. The summed E-state index contributed by atoms with van der Waals surface area (Å²) < 4.78 is 65.0. The van der Waals surface area contributed by atoms with E-state index in [9.17, 15) is 26.7 Å². The van der Waals surface area contributed by atoms with Gasteiger partial charge in [0, 0.05) is 30.3 Å². The molecule has 0 aromatic heterocycles. The summed E-state index contributed by atoms with van der Waals surface area (Å²) in [4.78, 5) is 15.7. The number of nitrogens with zero attached hydrogens (tertiary/aromatic N) is 1. The Morgan fingerprint density at radius 1 is 1.15 bits per heavy atom. The first-order valence-electron chi connectivity index (χ1n) is 7.59. The Labute approximate surface area is 151 Å². The molecule has 0 spiro atoms. The molecule has 0 saturated carbocycles. The highest BCUT2D eigenvalue weighted by Crippen LogP contribution is 2.22. The molecule has 2 aromatic rings. The molecule has 0 unspecified atom stereocenters. The number of hydrogen-bond acceptors (Lipinski definition) is 3. The second-order valence-electron chi connectivity index (χ2n) is 5.48. The van der Waals surface area contributed by atoms with Crippen LogP contribution < -0.4 is 5.32 Å². The van der Waals surface area contributed by atoms with Gasteiger partial charge in [0.05, 0.1) is 5.71 Å². The summed E-state index contributed by atoms with van der Waals surface area (Å²) in [6, 6.07) is 8.25. The molecule has 2 aromatic carbocycles. The lowest BCUT2D eigenvalue weighted by molar-refractivity contribution is -0.0605. The summed E-state index contributed by atoms with van der Waals surface area (Å²) in [6.07, 6.45) is -5.73. The van der Waals surface area contributed by atoms with Crippen LogP contribution in [0.4, 0.5) is 27.6 Å².